The summed E-state index contributed by atoms with van der Waals surface area (Å²) in [5.41, 5.74) is 0.949. The summed E-state index contributed by atoms with van der Waals surface area (Å²) < 4.78 is 161. The first-order chi connectivity index (χ1) is 35.8. The van der Waals surface area contributed by atoms with E-state index in [-0.39, 0.29) is 93.8 Å². The molecule has 0 bridgehead atoms. The third-order valence-corrected chi connectivity index (χ3v) is 10.2. The Balaban J connectivity index is 0.00000722. The number of benzene rings is 7. The van der Waals surface area contributed by atoms with Crippen LogP contribution in [0.1, 0.15) is 62.5 Å². The van der Waals surface area contributed by atoms with Gasteiger partial charge in [0.15, 0.2) is 0 Å². The van der Waals surface area contributed by atoms with Gasteiger partial charge in [-0.05, 0) is 69.7 Å². The maximum Gasteiger partial charge on any atom is 0.268 e. The topological polar surface area (TPSA) is 35.9 Å². The molecular formula is C54H42N4OPt-2. The third-order valence-electron chi connectivity index (χ3n) is 10.2. The van der Waals surface area contributed by atoms with E-state index in [1.165, 1.54) is 33.5 Å². The number of nitrogens with zero attached hydrogens (tertiary/aromatic N) is 4. The Bertz CT molecular complexity index is 4000. The summed E-state index contributed by atoms with van der Waals surface area (Å²) in [6, 6.07) is 17.2. The van der Waals surface area contributed by atoms with Crippen molar-refractivity contribution in [3.05, 3.63) is 200 Å². The van der Waals surface area contributed by atoms with Crippen LogP contribution >= 0.6 is 0 Å². The molecule has 6 heteroatoms. The molecule has 7 aromatic carbocycles. The van der Waals surface area contributed by atoms with E-state index in [9.17, 15) is 4.11 Å². The van der Waals surface area contributed by atoms with E-state index in [2.05, 4.69) is 23.4 Å². The van der Waals surface area contributed by atoms with Crippen LogP contribution in [-0.2, 0) is 21.1 Å². The molecule has 0 radical (unpaired) electrons. The Morgan fingerprint density at radius 3 is 2.12 bits per heavy atom. The number of fused-ring (bicyclic) bond motifs is 4. The van der Waals surface area contributed by atoms with Gasteiger partial charge in [-0.2, -0.15) is 18.2 Å². The van der Waals surface area contributed by atoms with Crippen molar-refractivity contribution < 1.29 is 53.7 Å². The van der Waals surface area contributed by atoms with Crippen molar-refractivity contribution in [2.75, 3.05) is 0 Å². The third kappa shape index (κ3) is 7.03. The van der Waals surface area contributed by atoms with Crippen LogP contribution in [0.15, 0.2) is 176 Å². The molecule has 3 aromatic heterocycles. The quantitative estimate of drug-likeness (QED) is 0.112. The molecule has 0 aliphatic carbocycles. The van der Waals surface area contributed by atoms with Crippen molar-refractivity contribution in [2.45, 2.75) is 33.6 Å². The fourth-order valence-electron chi connectivity index (χ4n) is 7.08. The van der Waals surface area contributed by atoms with E-state index < -0.39 is 108 Å². The Morgan fingerprint density at radius 1 is 0.700 bits per heavy atom. The van der Waals surface area contributed by atoms with Crippen LogP contribution in [0.2, 0.25) is 0 Å². The van der Waals surface area contributed by atoms with E-state index in [1.54, 1.807) is 66.1 Å². The number of pyridine rings is 1. The molecule has 10 aromatic rings. The zero-order chi connectivity index (χ0) is 54.9. The van der Waals surface area contributed by atoms with E-state index >= 15 is 0 Å². The van der Waals surface area contributed by atoms with Gasteiger partial charge in [0.25, 0.3) is 6.33 Å². The zero-order valence-corrected chi connectivity index (χ0v) is 34.8. The van der Waals surface area contributed by atoms with E-state index in [0.29, 0.717) is 16.6 Å². The number of rotatable bonds is 8. The van der Waals surface area contributed by atoms with E-state index in [0.717, 1.165) is 0 Å². The summed E-state index contributed by atoms with van der Waals surface area (Å²) in [5, 5.41) is -0.0303. The molecule has 3 heterocycles. The minimum atomic E-state index is -1.15. The monoisotopic (exact) mass is 974 g/mol. The summed E-state index contributed by atoms with van der Waals surface area (Å²) in [6.07, 6.45) is 4.80. The van der Waals surface area contributed by atoms with Gasteiger partial charge >= 0.3 is 0 Å². The molecule has 60 heavy (non-hydrogen) atoms. The van der Waals surface area contributed by atoms with E-state index in [4.69, 9.17) is 23.9 Å². The van der Waals surface area contributed by atoms with Gasteiger partial charge in [-0.25, -0.2) is 4.98 Å². The Morgan fingerprint density at radius 2 is 1.38 bits per heavy atom. The number of hydrogen-bond acceptors (Lipinski definition) is 2. The smallest absolute Gasteiger partial charge is 0.268 e. The number of imidazole rings is 1. The minimum Gasteiger partial charge on any atom is -0.510 e. The molecule has 0 spiro atoms. The number of para-hydroxylation sites is 4. The predicted molar refractivity (Wildman–Crippen MR) is 239 cm³/mol. The SMILES string of the molecule is [2H]c1c([2H])c([2H])c(-c2cccc(-c3c([2H])c([2H])c([2H])c([2H])c3[2H])c2-[n+]2[c-]n(-c3[c-]c(Oc4[c-]c5c(c([2H])c4[2H])c4c([2H])c([2H])c([2H])c([2H])c4n5-c4cc(C([2H])(C)C(C)(C)C)ccn4)ccc3)c3ccccc32)c([2H])c1[2H].[Pt]. The molecule has 296 valence electrons. The molecule has 0 aliphatic rings. The molecule has 0 N–H and O–H groups in total. The second kappa shape index (κ2) is 15.9. The van der Waals surface area contributed by atoms with Crippen molar-refractivity contribution in [3.63, 3.8) is 0 Å². The zero-order valence-electron chi connectivity index (χ0n) is 49.5. The number of ether oxygens (including phenoxy) is 1. The summed E-state index contributed by atoms with van der Waals surface area (Å²) in [6.45, 7) is 7.54. The van der Waals surface area contributed by atoms with Crippen LogP contribution in [0.25, 0.3) is 72.3 Å². The van der Waals surface area contributed by atoms with Crippen LogP contribution in [-0.4, -0.2) is 14.1 Å². The first kappa shape index (κ1) is 23.9. The molecule has 10 rings (SSSR count). The van der Waals surface area contributed by atoms with Crippen molar-refractivity contribution in [2.24, 2.45) is 5.41 Å². The molecule has 1 unspecified atom stereocenters. The molecule has 0 aliphatic heterocycles. The summed E-state index contributed by atoms with van der Waals surface area (Å²) in [5.74, 6) is -1.24. The maximum atomic E-state index is 9.37. The van der Waals surface area contributed by atoms with Gasteiger partial charge in [-0.3, -0.25) is 4.57 Å². The minimum absolute atomic E-state index is 0. The van der Waals surface area contributed by atoms with Crippen molar-refractivity contribution in [1.82, 2.24) is 14.1 Å². The summed E-state index contributed by atoms with van der Waals surface area (Å²) in [7, 11) is 0. The van der Waals surface area contributed by atoms with Crippen LogP contribution < -0.4 is 9.30 Å². The van der Waals surface area contributed by atoms with E-state index in [1.807, 2.05) is 20.8 Å². The second-order valence-electron chi connectivity index (χ2n) is 14.7. The van der Waals surface area contributed by atoms with Gasteiger partial charge in [0.1, 0.15) is 5.82 Å². The molecule has 1 atom stereocenters. The second-order valence-corrected chi connectivity index (χ2v) is 14.7. The fraction of sp³-hybridized carbons (Fsp3) is 0.111. The van der Waals surface area contributed by atoms with Gasteiger partial charge in [-0.15, -0.1) is 29.6 Å². The van der Waals surface area contributed by atoms with Gasteiger partial charge in [0, 0.05) is 47.0 Å². The molecule has 5 nitrogen and oxygen atoms in total. The molecule has 0 amide bonds. The predicted octanol–water partition coefficient (Wildman–Crippen LogP) is 13.1. The molecular weight excluding hydrogens is 916 g/mol. The number of hydrogen-bond donors (Lipinski definition) is 0. The van der Waals surface area contributed by atoms with Crippen molar-refractivity contribution in [3.8, 4) is 50.9 Å². The Kier molecular flexibility index (Phi) is 6.33. The first-order valence-electron chi connectivity index (χ1n) is 27.2. The molecule has 0 fully saturated rings. The standard InChI is InChI=1S/C54H42N4O.Pt/c1-37(54(2,3)4)40-31-32-55-52(33-40)58-48-26-12-11-23-46(48)47-30-29-43(35-51(47)58)59-42-22-15-21-41(34-42)56-36-57(50-28-14-13-27-49(50)56)53-44(38-17-7-5-8-18-38)24-16-25-45(53)39-19-9-6-10-20-39;/h5-33,37H,1-4H3;/q-2;/i5D,6D,7D,8D,9D,10D,11D,12D,17D,18D,19D,20D,23D,26D,29D,30D,37D;. The van der Waals surface area contributed by atoms with Gasteiger partial charge in [0.2, 0.25) is 0 Å². The Hall–Kier alpha value is -6.55. The fourth-order valence-corrected chi connectivity index (χ4v) is 7.08. The average molecular weight is 975 g/mol. The normalized spacial score (nSPS) is 16.6. The van der Waals surface area contributed by atoms with Crippen molar-refractivity contribution in [1.29, 1.82) is 0 Å². The van der Waals surface area contributed by atoms with Crippen LogP contribution in [0.3, 0.4) is 0 Å². The van der Waals surface area contributed by atoms with Crippen molar-refractivity contribution >= 4 is 32.8 Å². The van der Waals surface area contributed by atoms with Gasteiger partial charge in [0.05, 0.1) is 35.9 Å². The summed E-state index contributed by atoms with van der Waals surface area (Å²) >= 11 is 0. The molecule has 0 saturated carbocycles. The van der Waals surface area contributed by atoms with Crippen LogP contribution in [0.5, 0.6) is 11.5 Å². The average Bonchev–Trinajstić information content (AvgIpc) is 4.03. The Labute approximate surface area is 389 Å². The van der Waals surface area contributed by atoms with Crippen LogP contribution in [0, 0.1) is 23.9 Å². The van der Waals surface area contributed by atoms with Gasteiger partial charge < -0.3 is 13.9 Å². The summed E-state index contributed by atoms with van der Waals surface area (Å²) in [4.78, 5) is 4.60. The van der Waals surface area contributed by atoms with Gasteiger partial charge in [-0.1, -0.05) is 154 Å². The largest absolute Gasteiger partial charge is 0.510 e. The first-order valence-corrected chi connectivity index (χ1v) is 18.7. The van der Waals surface area contributed by atoms with Crippen LogP contribution in [0.4, 0.5) is 0 Å². The maximum absolute atomic E-state index is 9.37. The number of aromatic nitrogens is 4. The molecule has 0 saturated heterocycles.